The van der Waals surface area contributed by atoms with Gasteiger partial charge in [0.05, 0.1) is 6.26 Å². The predicted molar refractivity (Wildman–Crippen MR) is 87.9 cm³/mol. The van der Waals surface area contributed by atoms with E-state index in [-0.39, 0.29) is 23.3 Å². The molecule has 7 nitrogen and oxygen atoms in total. The molecule has 146 valence electrons. The topological polar surface area (TPSA) is 71.6 Å². The number of nitrogens with zero attached hydrogens (tertiary/aromatic N) is 4. The summed E-state index contributed by atoms with van der Waals surface area (Å²) in [7, 11) is 0. The molecule has 1 aliphatic heterocycles. The van der Waals surface area contributed by atoms with Crippen LogP contribution in [0.2, 0.25) is 0 Å². The van der Waals surface area contributed by atoms with Crippen molar-refractivity contribution >= 4 is 11.8 Å². The zero-order valence-corrected chi connectivity index (χ0v) is 14.9. The molecule has 2 aromatic heterocycles. The summed E-state index contributed by atoms with van der Waals surface area (Å²) in [6.45, 7) is 4.23. The molecular formula is C17H19F3N4O3. The summed E-state index contributed by atoms with van der Waals surface area (Å²) in [5, 5.41) is 3.54. The SMILES string of the molecule is Cc1cc(C(F)(F)F)nn1[C@H](C)C(=O)N1CCN(C(=O)c2ccco2)CC1. The van der Waals surface area contributed by atoms with Crippen LogP contribution in [0.5, 0.6) is 0 Å². The summed E-state index contributed by atoms with van der Waals surface area (Å²) in [6, 6.07) is 3.24. The molecule has 10 heteroatoms. The quantitative estimate of drug-likeness (QED) is 0.815. The molecule has 0 spiro atoms. The Morgan fingerprint density at radius 1 is 1.19 bits per heavy atom. The third kappa shape index (κ3) is 3.83. The van der Waals surface area contributed by atoms with Crippen LogP contribution in [0.15, 0.2) is 28.9 Å². The highest BCUT2D eigenvalue weighted by Crippen LogP contribution is 2.29. The Kier molecular flexibility index (Phi) is 4.99. The van der Waals surface area contributed by atoms with Crippen LogP contribution in [0.3, 0.4) is 0 Å². The summed E-state index contributed by atoms with van der Waals surface area (Å²) in [5.41, 5.74) is -0.761. The van der Waals surface area contributed by atoms with Crippen molar-refractivity contribution in [2.45, 2.75) is 26.1 Å². The van der Waals surface area contributed by atoms with Crippen molar-refractivity contribution in [3.05, 3.63) is 41.6 Å². The minimum Gasteiger partial charge on any atom is -0.459 e. The van der Waals surface area contributed by atoms with Gasteiger partial charge in [-0.2, -0.15) is 18.3 Å². The van der Waals surface area contributed by atoms with Crippen LogP contribution < -0.4 is 0 Å². The van der Waals surface area contributed by atoms with Crippen molar-refractivity contribution < 1.29 is 27.2 Å². The number of hydrogen-bond acceptors (Lipinski definition) is 4. The fourth-order valence-electron chi connectivity index (χ4n) is 3.07. The summed E-state index contributed by atoms with van der Waals surface area (Å²) in [6.07, 6.45) is -3.15. The van der Waals surface area contributed by atoms with Gasteiger partial charge in [0.2, 0.25) is 5.91 Å². The van der Waals surface area contributed by atoms with Crippen LogP contribution in [-0.4, -0.2) is 57.6 Å². The van der Waals surface area contributed by atoms with Gasteiger partial charge in [0.25, 0.3) is 5.91 Å². The molecule has 0 unspecified atom stereocenters. The van der Waals surface area contributed by atoms with Crippen LogP contribution >= 0.6 is 0 Å². The number of amides is 2. The first kappa shape index (κ1) is 19.0. The predicted octanol–water partition coefficient (Wildman–Crippen LogP) is 2.35. The van der Waals surface area contributed by atoms with Gasteiger partial charge in [0.1, 0.15) is 6.04 Å². The second-order valence-electron chi connectivity index (χ2n) is 6.38. The first-order chi connectivity index (χ1) is 12.7. The lowest BCUT2D eigenvalue weighted by Gasteiger charge is -2.35. The Labute approximate surface area is 153 Å². The van der Waals surface area contributed by atoms with E-state index in [2.05, 4.69) is 5.10 Å². The Hall–Kier alpha value is -2.78. The molecule has 1 fully saturated rings. The van der Waals surface area contributed by atoms with Crippen LogP contribution in [-0.2, 0) is 11.0 Å². The van der Waals surface area contributed by atoms with E-state index in [1.807, 2.05) is 0 Å². The number of piperazine rings is 1. The lowest BCUT2D eigenvalue weighted by atomic mass is 10.2. The lowest BCUT2D eigenvalue weighted by molar-refractivity contribution is -0.142. The van der Waals surface area contributed by atoms with E-state index < -0.39 is 17.9 Å². The summed E-state index contributed by atoms with van der Waals surface area (Å²) < 4.78 is 44.6. The molecule has 0 bridgehead atoms. The molecular weight excluding hydrogens is 365 g/mol. The van der Waals surface area contributed by atoms with E-state index in [1.165, 1.54) is 25.0 Å². The molecule has 3 rings (SSSR count). The normalized spacial score (nSPS) is 16.5. The fraction of sp³-hybridized carbons (Fsp3) is 0.471. The molecule has 2 amide bonds. The summed E-state index contributed by atoms with van der Waals surface area (Å²) in [4.78, 5) is 28.0. The third-order valence-electron chi connectivity index (χ3n) is 4.55. The number of halogens is 3. The van der Waals surface area contributed by atoms with Gasteiger partial charge in [-0.3, -0.25) is 14.3 Å². The van der Waals surface area contributed by atoms with Crippen LogP contribution in [0.1, 0.15) is 34.9 Å². The standard InChI is InChI=1S/C17H19F3N4O3/c1-11-10-14(17(18,19)20)21-24(11)12(2)15(25)22-5-7-23(8-6-22)16(26)13-4-3-9-27-13/h3-4,9-10,12H,5-8H2,1-2H3/t12-/m1/s1. The molecule has 0 aromatic carbocycles. The summed E-state index contributed by atoms with van der Waals surface area (Å²) in [5.74, 6) is -0.354. The lowest BCUT2D eigenvalue weighted by Crippen LogP contribution is -2.52. The molecule has 1 saturated heterocycles. The van der Waals surface area contributed by atoms with E-state index in [4.69, 9.17) is 4.42 Å². The highest BCUT2D eigenvalue weighted by Gasteiger charge is 2.36. The molecule has 1 aliphatic rings. The highest BCUT2D eigenvalue weighted by atomic mass is 19.4. The number of rotatable bonds is 3. The van der Waals surface area contributed by atoms with E-state index in [0.717, 1.165) is 10.7 Å². The monoisotopic (exact) mass is 384 g/mol. The molecule has 1 atom stereocenters. The highest BCUT2D eigenvalue weighted by molar-refractivity contribution is 5.91. The third-order valence-corrected chi connectivity index (χ3v) is 4.55. The average molecular weight is 384 g/mol. The Morgan fingerprint density at radius 3 is 2.33 bits per heavy atom. The van der Waals surface area contributed by atoms with Gasteiger partial charge >= 0.3 is 6.18 Å². The van der Waals surface area contributed by atoms with Gasteiger partial charge in [-0.25, -0.2) is 0 Å². The maximum atomic E-state index is 12.8. The number of aromatic nitrogens is 2. The van der Waals surface area contributed by atoms with Gasteiger partial charge < -0.3 is 14.2 Å². The number of aryl methyl sites for hydroxylation is 1. The average Bonchev–Trinajstić information content (AvgIpc) is 3.29. The minimum atomic E-state index is -4.56. The fourth-order valence-corrected chi connectivity index (χ4v) is 3.07. The number of carbonyl (C=O) groups excluding carboxylic acids is 2. The maximum absolute atomic E-state index is 12.8. The number of carbonyl (C=O) groups is 2. The second-order valence-corrected chi connectivity index (χ2v) is 6.38. The van der Waals surface area contributed by atoms with E-state index >= 15 is 0 Å². The van der Waals surface area contributed by atoms with Gasteiger partial charge in [-0.1, -0.05) is 0 Å². The van der Waals surface area contributed by atoms with E-state index in [0.29, 0.717) is 26.2 Å². The second kappa shape index (κ2) is 7.09. The van der Waals surface area contributed by atoms with Crippen LogP contribution in [0.25, 0.3) is 0 Å². The Bertz CT molecular complexity index is 821. The molecule has 27 heavy (non-hydrogen) atoms. The van der Waals surface area contributed by atoms with E-state index in [1.54, 1.807) is 17.0 Å². The van der Waals surface area contributed by atoms with Gasteiger partial charge in [-0.15, -0.1) is 0 Å². The van der Waals surface area contributed by atoms with Crippen molar-refractivity contribution in [1.29, 1.82) is 0 Å². The van der Waals surface area contributed by atoms with Crippen molar-refractivity contribution in [2.75, 3.05) is 26.2 Å². The van der Waals surface area contributed by atoms with Gasteiger partial charge in [0, 0.05) is 31.9 Å². The smallest absolute Gasteiger partial charge is 0.435 e. The first-order valence-electron chi connectivity index (χ1n) is 8.43. The number of hydrogen-bond donors (Lipinski definition) is 0. The number of furan rings is 1. The largest absolute Gasteiger partial charge is 0.459 e. The molecule has 0 aliphatic carbocycles. The first-order valence-corrected chi connectivity index (χ1v) is 8.43. The number of alkyl halides is 3. The molecule has 3 heterocycles. The Balaban J connectivity index is 1.64. The summed E-state index contributed by atoms with van der Waals surface area (Å²) >= 11 is 0. The molecule has 0 saturated carbocycles. The zero-order valence-electron chi connectivity index (χ0n) is 14.9. The van der Waals surface area contributed by atoms with Crippen LogP contribution in [0.4, 0.5) is 13.2 Å². The minimum absolute atomic E-state index is 0.231. The van der Waals surface area contributed by atoms with E-state index in [9.17, 15) is 22.8 Å². The zero-order chi connectivity index (χ0) is 19.8. The van der Waals surface area contributed by atoms with Crippen molar-refractivity contribution in [3.8, 4) is 0 Å². The molecule has 0 N–H and O–H groups in total. The Morgan fingerprint density at radius 2 is 1.81 bits per heavy atom. The van der Waals surface area contributed by atoms with Gasteiger partial charge in [-0.05, 0) is 32.0 Å². The van der Waals surface area contributed by atoms with Crippen LogP contribution in [0, 0.1) is 6.92 Å². The maximum Gasteiger partial charge on any atom is 0.435 e. The van der Waals surface area contributed by atoms with Gasteiger partial charge in [0.15, 0.2) is 11.5 Å². The molecule has 0 radical (unpaired) electrons. The van der Waals surface area contributed by atoms with Crippen molar-refractivity contribution in [2.24, 2.45) is 0 Å². The van der Waals surface area contributed by atoms with Crippen molar-refractivity contribution in [3.63, 3.8) is 0 Å². The molecule has 2 aromatic rings. The van der Waals surface area contributed by atoms with Crippen molar-refractivity contribution in [1.82, 2.24) is 19.6 Å².